The van der Waals surface area contributed by atoms with Gasteiger partial charge in [-0.05, 0) is 12.8 Å². The maximum Gasteiger partial charge on any atom is 0.320 e. The van der Waals surface area contributed by atoms with E-state index in [1.54, 1.807) is 0 Å². The van der Waals surface area contributed by atoms with Crippen LogP contribution in [0.1, 0.15) is 33.1 Å². The lowest BCUT2D eigenvalue weighted by molar-refractivity contribution is -0.142. The molecule has 0 heterocycles. The molecule has 0 saturated heterocycles. The number of amides is 1. The van der Waals surface area contributed by atoms with Crippen molar-refractivity contribution in [2.24, 2.45) is 5.73 Å². The number of nitrogens with one attached hydrogen (secondary N) is 1. The standard InChI is InChI=1S/C11H19N3O7.C3H8/c12-7(11(20)21)2-1-3-13-8(15)4-14(5-9(16)17)6-10(18)19;1-3-2/h7H,1-6,12H2,(H,13,15)(H,16,17)(H,18,19)(H,20,21);3H2,1-2H3. The highest BCUT2D eigenvalue weighted by Crippen LogP contribution is 1.94. The van der Waals surface area contributed by atoms with Crippen molar-refractivity contribution in [2.45, 2.75) is 39.2 Å². The van der Waals surface area contributed by atoms with E-state index in [1.165, 1.54) is 6.42 Å². The first-order chi connectivity index (χ1) is 11.1. The van der Waals surface area contributed by atoms with Crippen LogP contribution in [0.25, 0.3) is 0 Å². The molecule has 1 amide bonds. The molecule has 140 valence electrons. The van der Waals surface area contributed by atoms with Crippen molar-refractivity contribution >= 4 is 23.8 Å². The van der Waals surface area contributed by atoms with Gasteiger partial charge in [-0.3, -0.25) is 24.1 Å². The molecule has 0 bridgehead atoms. The molecule has 0 aliphatic carbocycles. The summed E-state index contributed by atoms with van der Waals surface area (Å²) in [6.07, 6.45) is 1.78. The summed E-state index contributed by atoms with van der Waals surface area (Å²) in [5, 5.41) is 28.2. The molecule has 0 spiro atoms. The van der Waals surface area contributed by atoms with Gasteiger partial charge < -0.3 is 26.4 Å². The zero-order chi connectivity index (χ0) is 19.1. The van der Waals surface area contributed by atoms with Gasteiger partial charge in [0, 0.05) is 6.54 Å². The minimum absolute atomic E-state index is 0.174. The molecule has 0 fully saturated rings. The number of rotatable bonds is 11. The van der Waals surface area contributed by atoms with Crippen LogP contribution in [-0.4, -0.2) is 76.3 Å². The van der Waals surface area contributed by atoms with Crippen molar-refractivity contribution in [3.63, 3.8) is 0 Å². The van der Waals surface area contributed by atoms with Gasteiger partial charge in [0.05, 0.1) is 19.6 Å². The molecule has 0 rings (SSSR count). The SMILES string of the molecule is CCC.NC(CCCNC(=O)CN(CC(=O)O)CC(=O)O)C(=O)O. The van der Waals surface area contributed by atoms with E-state index < -0.39 is 42.9 Å². The fourth-order valence-corrected chi connectivity index (χ4v) is 1.48. The number of carboxylic acids is 3. The molecule has 0 radical (unpaired) electrons. The van der Waals surface area contributed by atoms with Crippen molar-refractivity contribution in [1.29, 1.82) is 0 Å². The molecular weight excluding hydrogens is 322 g/mol. The molecule has 0 saturated carbocycles. The summed E-state index contributed by atoms with van der Waals surface area (Å²) in [4.78, 5) is 44.0. The number of aliphatic carboxylic acids is 3. The van der Waals surface area contributed by atoms with Gasteiger partial charge in [-0.1, -0.05) is 20.3 Å². The number of hydrogen-bond donors (Lipinski definition) is 5. The van der Waals surface area contributed by atoms with Crippen molar-refractivity contribution in [3.05, 3.63) is 0 Å². The third kappa shape index (κ3) is 16.2. The summed E-state index contributed by atoms with van der Waals surface area (Å²) in [5.41, 5.74) is 5.27. The lowest BCUT2D eigenvalue weighted by Gasteiger charge is -2.17. The molecule has 1 atom stereocenters. The average Bonchev–Trinajstić information content (AvgIpc) is 2.42. The summed E-state index contributed by atoms with van der Waals surface area (Å²) in [6, 6.07) is -1.00. The third-order valence-corrected chi connectivity index (χ3v) is 2.42. The van der Waals surface area contributed by atoms with E-state index in [0.29, 0.717) is 6.42 Å². The first kappa shape index (κ1) is 24.1. The van der Waals surface area contributed by atoms with Gasteiger partial charge in [0.15, 0.2) is 0 Å². The second kappa shape index (κ2) is 14.4. The van der Waals surface area contributed by atoms with Crippen LogP contribution in [0.15, 0.2) is 0 Å². The minimum atomic E-state index is -1.24. The maximum atomic E-state index is 11.5. The molecule has 1 unspecified atom stereocenters. The Hall–Kier alpha value is -2.20. The van der Waals surface area contributed by atoms with Gasteiger partial charge in [-0.2, -0.15) is 0 Å². The lowest BCUT2D eigenvalue weighted by Crippen LogP contribution is -2.42. The Balaban J connectivity index is 0. The zero-order valence-electron chi connectivity index (χ0n) is 14.0. The van der Waals surface area contributed by atoms with E-state index in [1.807, 2.05) is 0 Å². The molecule has 10 nitrogen and oxygen atoms in total. The van der Waals surface area contributed by atoms with Gasteiger partial charge in [-0.15, -0.1) is 0 Å². The van der Waals surface area contributed by atoms with Crippen molar-refractivity contribution in [1.82, 2.24) is 10.2 Å². The summed E-state index contributed by atoms with van der Waals surface area (Å²) < 4.78 is 0. The van der Waals surface area contributed by atoms with Crippen LogP contribution in [0.5, 0.6) is 0 Å². The van der Waals surface area contributed by atoms with Gasteiger partial charge >= 0.3 is 17.9 Å². The summed E-state index contributed by atoms with van der Waals surface area (Å²) >= 11 is 0. The number of carbonyl (C=O) groups excluding carboxylic acids is 1. The number of carboxylic acid groups (broad SMARTS) is 3. The predicted octanol–water partition coefficient (Wildman–Crippen LogP) is -0.818. The molecular formula is C14H27N3O7. The Labute approximate surface area is 140 Å². The minimum Gasteiger partial charge on any atom is -0.480 e. The van der Waals surface area contributed by atoms with Crippen molar-refractivity contribution < 1.29 is 34.5 Å². The highest BCUT2D eigenvalue weighted by molar-refractivity contribution is 5.80. The fraction of sp³-hybridized carbons (Fsp3) is 0.714. The monoisotopic (exact) mass is 349 g/mol. The largest absolute Gasteiger partial charge is 0.480 e. The zero-order valence-corrected chi connectivity index (χ0v) is 14.0. The number of hydrogen-bond acceptors (Lipinski definition) is 6. The summed E-state index contributed by atoms with van der Waals surface area (Å²) in [6.45, 7) is 2.92. The van der Waals surface area contributed by atoms with Crippen LogP contribution in [0.3, 0.4) is 0 Å². The Morgan fingerprint density at radius 3 is 1.83 bits per heavy atom. The molecule has 0 aromatic heterocycles. The Bertz CT molecular complexity index is 399. The van der Waals surface area contributed by atoms with E-state index in [0.717, 1.165) is 4.90 Å². The number of carbonyl (C=O) groups is 4. The van der Waals surface area contributed by atoms with Gasteiger partial charge in [-0.25, -0.2) is 0 Å². The molecule has 0 aliphatic heterocycles. The van der Waals surface area contributed by atoms with E-state index in [4.69, 9.17) is 21.1 Å². The molecule has 10 heteroatoms. The van der Waals surface area contributed by atoms with Crippen LogP contribution < -0.4 is 11.1 Å². The maximum absolute atomic E-state index is 11.5. The van der Waals surface area contributed by atoms with E-state index >= 15 is 0 Å². The molecule has 0 aromatic rings. The summed E-state index contributed by atoms with van der Waals surface area (Å²) in [7, 11) is 0. The van der Waals surface area contributed by atoms with Crippen LogP contribution in [-0.2, 0) is 19.2 Å². The number of nitrogens with zero attached hydrogens (tertiary/aromatic N) is 1. The van der Waals surface area contributed by atoms with Crippen LogP contribution in [0, 0.1) is 0 Å². The average molecular weight is 349 g/mol. The summed E-state index contributed by atoms with van der Waals surface area (Å²) in [5.74, 6) is -4.15. The molecule has 24 heavy (non-hydrogen) atoms. The molecule has 6 N–H and O–H groups in total. The Kier molecular flexibility index (Phi) is 14.4. The van der Waals surface area contributed by atoms with Crippen molar-refractivity contribution in [3.8, 4) is 0 Å². The van der Waals surface area contributed by atoms with Crippen molar-refractivity contribution in [2.75, 3.05) is 26.2 Å². The normalized spacial score (nSPS) is 11.2. The van der Waals surface area contributed by atoms with Crippen LogP contribution in [0.2, 0.25) is 0 Å². The van der Waals surface area contributed by atoms with Crippen LogP contribution in [0.4, 0.5) is 0 Å². The van der Waals surface area contributed by atoms with Gasteiger partial charge in [0.2, 0.25) is 5.91 Å². The smallest absolute Gasteiger partial charge is 0.320 e. The predicted molar refractivity (Wildman–Crippen MR) is 85.5 cm³/mol. The quantitative estimate of drug-likeness (QED) is 0.299. The topological polar surface area (TPSA) is 170 Å². The van der Waals surface area contributed by atoms with E-state index in [9.17, 15) is 19.2 Å². The first-order valence-corrected chi connectivity index (χ1v) is 7.54. The third-order valence-electron chi connectivity index (χ3n) is 2.42. The van der Waals surface area contributed by atoms with E-state index in [2.05, 4.69) is 19.2 Å². The second-order valence-electron chi connectivity index (χ2n) is 5.08. The first-order valence-electron chi connectivity index (χ1n) is 7.54. The molecule has 0 aromatic carbocycles. The number of nitrogens with two attached hydrogens (primary N) is 1. The van der Waals surface area contributed by atoms with E-state index in [-0.39, 0.29) is 19.5 Å². The Morgan fingerprint density at radius 2 is 1.46 bits per heavy atom. The van der Waals surface area contributed by atoms with Gasteiger partial charge in [0.1, 0.15) is 6.04 Å². The Morgan fingerprint density at radius 1 is 1.00 bits per heavy atom. The highest BCUT2D eigenvalue weighted by Gasteiger charge is 2.17. The van der Waals surface area contributed by atoms with Crippen LogP contribution >= 0.6 is 0 Å². The lowest BCUT2D eigenvalue weighted by atomic mass is 10.2. The highest BCUT2D eigenvalue weighted by atomic mass is 16.4. The fourth-order valence-electron chi connectivity index (χ4n) is 1.48. The van der Waals surface area contributed by atoms with Gasteiger partial charge in [0.25, 0.3) is 0 Å². The second-order valence-corrected chi connectivity index (χ2v) is 5.08. The molecule has 0 aliphatic rings.